The summed E-state index contributed by atoms with van der Waals surface area (Å²) in [6, 6.07) is 9.58. The molecule has 7 heteroatoms. The van der Waals surface area contributed by atoms with E-state index in [9.17, 15) is 4.79 Å². The van der Waals surface area contributed by atoms with E-state index in [0.29, 0.717) is 18.1 Å². The minimum Gasteiger partial charge on any atom is -0.354 e. The van der Waals surface area contributed by atoms with Crippen LogP contribution in [0.4, 0.5) is 5.82 Å². The summed E-state index contributed by atoms with van der Waals surface area (Å²) < 4.78 is 1.88. The van der Waals surface area contributed by atoms with Gasteiger partial charge in [-0.05, 0) is 43.5 Å². The lowest BCUT2D eigenvalue weighted by molar-refractivity contribution is -0.125. The van der Waals surface area contributed by atoms with Crippen molar-refractivity contribution in [1.82, 2.24) is 20.1 Å². The first-order valence-corrected chi connectivity index (χ1v) is 9.96. The third-order valence-corrected chi connectivity index (χ3v) is 5.60. The van der Waals surface area contributed by atoms with E-state index in [4.69, 9.17) is 11.6 Å². The van der Waals surface area contributed by atoms with E-state index in [1.807, 2.05) is 55.2 Å². The van der Waals surface area contributed by atoms with Crippen LogP contribution >= 0.6 is 11.6 Å². The smallest absolute Gasteiger partial charge is 0.225 e. The van der Waals surface area contributed by atoms with E-state index in [2.05, 4.69) is 20.3 Å². The predicted molar refractivity (Wildman–Crippen MR) is 111 cm³/mol. The van der Waals surface area contributed by atoms with E-state index in [0.717, 1.165) is 47.4 Å². The number of benzene rings is 1. The maximum atomic E-state index is 12.8. The number of hydrogen-bond acceptors (Lipinski definition) is 4. The summed E-state index contributed by atoms with van der Waals surface area (Å²) in [6.45, 7) is 4.06. The molecule has 3 heterocycles. The van der Waals surface area contributed by atoms with E-state index < -0.39 is 0 Å². The number of nitrogens with one attached hydrogen (secondary N) is 1. The van der Waals surface area contributed by atoms with Gasteiger partial charge in [0.15, 0.2) is 5.82 Å². The Bertz CT molecular complexity index is 1020. The van der Waals surface area contributed by atoms with Gasteiger partial charge in [-0.2, -0.15) is 5.10 Å². The van der Waals surface area contributed by atoms with E-state index >= 15 is 0 Å². The van der Waals surface area contributed by atoms with Gasteiger partial charge in [0.2, 0.25) is 5.91 Å². The fraction of sp³-hybridized carbons (Fsp3) is 0.381. The number of halogens is 1. The number of pyridine rings is 1. The van der Waals surface area contributed by atoms with Crippen molar-refractivity contribution in [3.63, 3.8) is 0 Å². The molecule has 1 atom stereocenters. The average molecular weight is 398 g/mol. The first-order valence-electron chi connectivity index (χ1n) is 9.58. The molecule has 4 rings (SSSR count). The summed E-state index contributed by atoms with van der Waals surface area (Å²) >= 11 is 6.02. The standard InChI is InChI=1S/C21H24ClN5O/c1-14-18-8-9-23-20(19(18)26(2)25-14)27-10-4-6-16(13-27)21(28)24-12-15-5-3-7-17(22)11-15/h3,5,7-9,11,16H,4,6,10,12-13H2,1-2H3,(H,24,28). The lowest BCUT2D eigenvalue weighted by Crippen LogP contribution is -2.43. The summed E-state index contributed by atoms with van der Waals surface area (Å²) in [5, 5.41) is 9.38. The van der Waals surface area contributed by atoms with Gasteiger partial charge >= 0.3 is 0 Å². The van der Waals surface area contributed by atoms with Crippen LogP contribution in [0.5, 0.6) is 0 Å². The normalized spacial score (nSPS) is 17.1. The molecule has 0 aliphatic carbocycles. The van der Waals surface area contributed by atoms with Crippen LogP contribution in [0.1, 0.15) is 24.1 Å². The Kier molecular flexibility index (Phi) is 5.22. The summed E-state index contributed by atoms with van der Waals surface area (Å²) in [6.07, 6.45) is 3.68. The summed E-state index contributed by atoms with van der Waals surface area (Å²) in [7, 11) is 1.94. The van der Waals surface area contributed by atoms with Crippen molar-refractivity contribution in [1.29, 1.82) is 0 Å². The molecule has 6 nitrogen and oxygen atoms in total. The second-order valence-corrected chi connectivity index (χ2v) is 7.81. The molecule has 0 spiro atoms. The van der Waals surface area contributed by atoms with Crippen LogP contribution in [0.25, 0.3) is 10.9 Å². The van der Waals surface area contributed by atoms with Crippen LogP contribution in [0.3, 0.4) is 0 Å². The van der Waals surface area contributed by atoms with Crippen LogP contribution < -0.4 is 10.2 Å². The molecule has 1 unspecified atom stereocenters. The Hall–Kier alpha value is -2.60. The summed E-state index contributed by atoms with van der Waals surface area (Å²) in [5.41, 5.74) is 3.03. The molecule has 1 aliphatic rings. The highest BCUT2D eigenvalue weighted by atomic mass is 35.5. The number of nitrogens with zero attached hydrogens (tertiary/aromatic N) is 4. The molecule has 0 saturated carbocycles. The van der Waals surface area contributed by atoms with Crippen molar-refractivity contribution in [2.24, 2.45) is 13.0 Å². The largest absolute Gasteiger partial charge is 0.354 e. The number of anilines is 1. The van der Waals surface area contributed by atoms with E-state index in [1.54, 1.807) is 0 Å². The first-order chi connectivity index (χ1) is 13.5. The van der Waals surface area contributed by atoms with Crippen molar-refractivity contribution in [2.45, 2.75) is 26.3 Å². The quantitative estimate of drug-likeness (QED) is 0.732. The minimum absolute atomic E-state index is 0.0562. The Morgan fingerprint density at radius 1 is 1.36 bits per heavy atom. The number of piperidine rings is 1. The third-order valence-electron chi connectivity index (χ3n) is 5.37. The van der Waals surface area contributed by atoms with Gasteiger partial charge < -0.3 is 10.2 Å². The number of amides is 1. The summed E-state index contributed by atoms with van der Waals surface area (Å²) in [4.78, 5) is 19.6. The van der Waals surface area contributed by atoms with Crippen molar-refractivity contribution < 1.29 is 4.79 Å². The Morgan fingerprint density at radius 2 is 2.21 bits per heavy atom. The fourth-order valence-corrected chi connectivity index (χ4v) is 4.19. The molecule has 2 aromatic heterocycles. The van der Waals surface area contributed by atoms with Gasteiger partial charge in [0, 0.05) is 43.3 Å². The molecular weight excluding hydrogens is 374 g/mol. The van der Waals surface area contributed by atoms with Crippen molar-refractivity contribution in [3.8, 4) is 0 Å². The van der Waals surface area contributed by atoms with Gasteiger partial charge in [0.1, 0.15) is 5.52 Å². The number of aromatic nitrogens is 3. The van der Waals surface area contributed by atoms with Crippen LogP contribution in [0.15, 0.2) is 36.5 Å². The molecule has 1 aromatic carbocycles. The monoisotopic (exact) mass is 397 g/mol. The van der Waals surface area contributed by atoms with E-state index in [-0.39, 0.29) is 11.8 Å². The highest BCUT2D eigenvalue weighted by Crippen LogP contribution is 2.29. The predicted octanol–water partition coefficient (Wildman–Crippen LogP) is 3.46. The SMILES string of the molecule is Cc1nn(C)c2c(N3CCCC(C(=O)NCc4cccc(Cl)c4)C3)nccc12. The van der Waals surface area contributed by atoms with Crippen LogP contribution in [-0.2, 0) is 18.4 Å². The van der Waals surface area contributed by atoms with E-state index in [1.165, 1.54) is 0 Å². The molecular formula is C21H24ClN5O. The maximum absolute atomic E-state index is 12.8. The zero-order chi connectivity index (χ0) is 19.7. The average Bonchev–Trinajstić information content (AvgIpc) is 3.00. The number of fused-ring (bicyclic) bond motifs is 1. The van der Waals surface area contributed by atoms with Crippen molar-refractivity contribution >= 4 is 34.2 Å². The molecule has 1 saturated heterocycles. The molecule has 3 aromatic rings. The minimum atomic E-state index is -0.0562. The lowest BCUT2D eigenvalue weighted by Gasteiger charge is -2.33. The second kappa shape index (κ2) is 7.80. The molecule has 28 heavy (non-hydrogen) atoms. The van der Waals surface area contributed by atoms with Gasteiger partial charge in [0.25, 0.3) is 0 Å². The zero-order valence-electron chi connectivity index (χ0n) is 16.2. The fourth-order valence-electron chi connectivity index (χ4n) is 3.98. The molecule has 1 N–H and O–H groups in total. The van der Waals surface area contributed by atoms with Crippen molar-refractivity contribution in [3.05, 3.63) is 52.8 Å². The van der Waals surface area contributed by atoms with Gasteiger partial charge in [-0.25, -0.2) is 4.98 Å². The molecule has 1 aliphatic heterocycles. The maximum Gasteiger partial charge on any atom is 0.225 e. The first kappa shape index (κ1) is 18.7. The number of aryl methyl sites for hydroxylation is 2. The third kappa shape index (κ3) is 3.69. The molecule has 0 radical (unpaired) electrons. The number of rotatable bonds is 4. The number of hydrogen-bond donors (Lipinski definition) is 1. The van der Waals surface area contributed by atoms with Crippen LogP contribution in [0, 0.1) is 12.8 Å². The zero-order valence-corrected chi connectivity index (χ0v) is 16.9. The van der Waals surface area contributed by atoms with Gasteiger partial charge in [-0.15, -0.1) is 0 Å². The van der Waals surface area contributed by atoms with Gasteiger partial charge in [-0.1, -0.05) is 23.7 Å². The van der Waals surface area contributed by atoms with Crippen LogP contribution in [0.2, 0.25) is 5.02 Å². The molecule has 1 fully saturated rings. The van der Waals surface area contributed by atoms with Gasteiger partial charge in [-0.3, -0.25) is 9.48 Å². The highest BCUT2D eigenvalue weighted by molar-refractivity contribution is 6.30. The molecule has 1 amide bonds. The highest BCUT2D eigenvalue weighted by Gasteiger charge is 2.28. The molecule has 146 valence electrons. The topological polar surface area (TPSA) is 63.1 Å². The Balaban J connectivity index is 1.48. The van der Waals surface area contributed by atoms with Crippen molar-refractivity contribution in [2.75, 3.05) is 18.0 Å². The Labute approximate surface area is 169 Å². The number of carbonyl (C=O) groups is 1. The lowest BCUT2D eigenvalue weighted by atomic mass is 9.97. The van der Waals surface area contributed by atoms with Crippen LogP contribution in [-0.4, -0.2) is 33.8 Å². The second-order valence-electron chi connectivity index (χ2n) is 7.37. The summed E-state index contributed by atoms with van der Waals surface area (Å²) in [5.74, 6) is 0.935. The number of carbonyl (C=O) groups excluding carboxylic acids is 1. The van der Waals surface area contributed by atoms with Gasteiger partial charge in [0.05, 0.1) is 11.6 Å². The molecule has 0 bridgehead atoms. The Morgan fingerprint density at radius 3 is 3.04 bits per heavy atom.